The highest BCUT2D eigenvalue weighted by molar-refractivity contribution is 7.99. The van der Waals surface area contributed by atoms with Crippen molar-refractivity contribution in [2.24, 2.45) is 0 Å². The molecule has 21 heavy (non-hydrogen) atoms. The first-order valence-corrected chi connectivity index (χ1v) is 6.95. The van der Waals surface area contributed by atoms with Crippen molar-refractivity contribution in [3.05, 3.63) is 44.4 Å². The zero-order valence-electron chi connectivity index (χ0n) is 11.1. The number of nitrogens with zero attached hydrogens (tertiary/aromatic N) is 3. The van der Waals surface area contributed by atoms with E-state index < -0.39 is 4.92 Å². The first-order chi connectivity index (χ1) is 10.1. The molecule has 110 valence electrons. The molecule has 0 unspecified atom stereocenters. The van der Waals surface area contributed by atoms with Crippen LogP contribution in [0, 0.1) is 10.1 Å². The predicted molar refractivity (Wildman–Crippen MR) is 75.7 cm³/mol. The number of aldehydes is 1. The molecular weight excluding hydrogens is 296 g/mol. The molecule has 0 fully saturated rings. The summed E-state index contributed by atoms with van der Waals surface area (Å²) in [6, 6.07) is 4.16. The standard InChI is InChI=1S/C12H12N4O4S/c1-2-5-15-11(18)13-14-12(15)21-10-4-3-8(7-17)6-9(10)16(19)20/h3-4,6-7H,2,5H2,1H3,(H,13,18). The van der Waals surface area contributed by atoms with Crippen LogP contribution in [0.5, 0.6) is 0 Å². The Morgan fingerprint density at radius 3 is 2.90 bits per heavy atom. The van der Waals surface area contributed by atoms with Gasteiger partial charge in [0.25, 0.3) is 5.69 Å². The molecule has 0 radical (unpaired) electrons. The number of aromatic amines is 1. The van der Waals surface area contributed by atoms with Gasteiger partial charge in [0.2, 0.25) is 0 Å². The average molecular weight is 308 g/mol. The molecule has 0 saturated heterocycles. The number of benzene rings is 1. The van der Waals surface area contributed by atoms with E-state index in [1.54, 1.807) is 0 Å². The Labute approximate surface area is 123 Å². The predicted octanol–water partition coefficient (Wildman–Crippen LogP) is 1.85. The second-order valence-electron chi connectivity index (χ2n) is 4.17. The molecule has 1 aromatic heterocycles. The Bertz CT molecular complexity index is 737. The van der Waals surface area contributed by atoms with Gasteiger partial charge in [-0.3, -0.25) is 19.5 Å². The minimum atomic E-state index is -0.565. The van der Waals surface area contributed by atoms with Gasteiger partial charge in [0.05, 0.1) is 9.82 Å². The largest absolute Gasteiger partial charge is 0.343 e. The third-order valence-electron chi connectivity index (χ3n) is 2.69. The molecule has 0 aliphatic rings. The fourth-order valence-corrected chi connectivity index (χ4v) is 2.68. The molecule has 0 bridgehead atoms. The number of hydrogen-bond donors (Lipinski definition) is 1. The SMILES string of the molecule is CCCn1c(Sc2ccc(C=O)cc2[N+](=O)[O-])n[nH]c1=O. The Morgan fingerprint density at radius 2 is 2.29 bits per heavy atom. The lowest BCUT2D eigenvalue weighted by atomic mass is 10.2. The van der Waals surface area contributed by atoms with E-state index >= 15 is 0 Å². The first kappa shape index (κ1) is 15.0. The molecule has 0 atom stereocenters. The van der Waals surface area contributed by atoms with Crippen LogP contribution in [0.1, 0.15) is 23.7 Å². The normalized spacial score (nSPS) is 10.5. The number of aromatic nitrogens is 3. The van der Waals surface area contributed by atoms with E-state index in [1.807, 2.05) is 6.92 Å². The van der Waals surface area contributed by atoms with Crippen molar-refractivity contribution in [1.29, 1.82) is 0 Å². The van der Waals surface area contributed by atoms with Crippen molar-refractivity contribution in [1.82, 2.24) is 14.8 Å². The molecule has 1 heterocycles. The Hall–Kier alpha value is -2.42. The third-order valence-corrected chi connectivity index (χ3v) is 3.75. The summed E-state index contributed by atoms with van der Waals surface area (Å²) in [5.74, 6) is 0. The summed E-state index contributed by atoms with van der Waals surface area (Å²) in [6.45, 7) is 2.38. The number of H-pyrrole nitrogens is 1. The minimum Gasteiger partial charge on any atom is -0.298 e. The lowest BCUT2D eigenvalue weighted by Crippen LogP contribution is -2.17. The summed E-state index contributed by atoms with van der Waals surface area (Å²) < 4.78 is 1.42. The molecule has 0 saturated carbocycles. The van der Waals surface area contributed by atoms with Crippen LogP contribution in [0.25, 0.3) is 0 Å². The highest BCUT2D eigenvalue weighted by atomic mass is 32.2. The number of carbonyl (C=O) groups is 1. The van der Waals surface area contributed by atoms with Crippen molar-refractivity contribution < 1.29 is 9.72 Å². The fourth-order valence-electron chi connectivity index (χ4n) is 1.74. The molecule has 0 spiro atoms. The van der Waals surface area contributed by atoms with Gasteiger partial charge in [-0.15, -0.1) is 5.10 Å². The maximum Gasteiger partial charge on any atom is 0.343 e. The molecule has 0 amide bonds. The second-order valence-corrected chi connectivity index (χ2v) is 5.18. The van der Waals surface area contributed by atoms with Gasteiger partial charge in [-0.05, 0) is 24.2 Å². The van der Waals surface area contributed by atoms with Crippen LogP contribution < -0.4 is 5.69 Å². The van der Waals surface area contributed by atoms with Crippen LogP contribution >= 0.6 is 11.8 Å². The van der Waals surface area contributed by atoms with Gasteiger partial charge >= 0.3 is 5.69 Å². The lowest BCUT2D eigenvalue weighted by molar-refractivity contribution is -0.387. The van der Waals surface area contributed by atoms with Crippen molar-refractivity contribution in [2.45, 2.75) is 29.9 Å². The Morgan fingerprint density at radius 1 is 1.52 bits per heavy atom. The zero-order valence-corrected chi connectivity index (χ0v) is 11.9. The number of hydrogen-bond acceptors (Lipinski definition) is 6. The number of rotatable bonds is 6. The van der Waals surface area contributed by atoms with E-state index in [0.717, 1.165) is 18.2 Å². The van der Waals surface area contributed by atoms with Gasteiger partial charge in [-0.25, -0.2) is 9.89 Å². The highest BCUT2D eigenvalue weighted by Crippen LogP contribution is 2.33. The topological polar surface area (TPSA) is 111 Å². The highest BCUT2D eigenvalue weighted by Gasteiger charge is 2.18. The summed E-state index contributed by atoms with van der Waals surface area (Å²) in [7, 11) is 0. The van der Waals surface area contributed by atoms with E-state index in [1.165, 1.54) is 22.8 Å². The van der Waals surface area contributed by atoms with E-state index in [-0.39, 0.29) is 16.9 Å². The molecule has 1 aromatic carbocycles. The third kappa shape index (κ3) is 3.19. The fraction of sp³-hybridized carbons (Fsp3) is 0.250. The lowest BCUT2D eigenvalue weighted by Gasteiger charge is -2.04. The maximum absolute atomic E-state index is 11.6. The molecular formula is C12H12N4O4S. The van der Waals surface area contributed by atoms with Crippen LogP contribution in [0.4, 0.5) is 5.69 Å². The minimum absolute atomic E-state index is 0.192. The molecule has 1 N–H and O–H groups in total. The maximum atomic E-state index is 11.6. The van der Waals surface area contributed by atoms with Crippen molar-refractivity contribution >= 4 is 23.7 Å². The zero-order chi connectivity index (χ0) is 15.4. The average Bonchev–Trinajstić information content (AvgIpc) is 2.81. The van der Waals surface area contributed by atoms with Crippen molar-refractivity contribution in [2.75, 3.05) is 0 Å². The summed E-state index contributed by atoms with van der Waals surface area (Å²) in [6.07, 6.45) is 1.28. The van der Waals surface area contributed by atoms with Crippen LogP contribution in [0.2, 0.25) is 0 Å². The van der Waals surface area contributed by atoms with Gasteiger partial charge in [0, 0.05) is 18.2 Å². The quantitative estimate of drug-likeness (QED) is 0.495. The van der Waals surface area contributed by atoms with E-state index in [2.05, 4.69) is 10.2 Å². The van der Waals surface area contributed by atoms with Gasteiger partial charge in [-0.2, -0.15) is 0 Å². The summed E-state index contributed by atoms with van der Waals surface area (Å²) >= 11 is 1.01. The van der Waals surface area contributed by atoms with Crippen LogP contribution in [0.3, 0.4) is 0 Å². The number of nitro benzene ring substituents is 1. The molecule has 0 aliphatic carbocycles. The first-order valence-electron chi connectivity index (χ1n) is 6.13. The van der Waals surface area contributed by atoms with Gasteiger partial charge in [0.15, 0.2) is 5.16 Å². The van der Waals surface area contributed by atoms with Crippen molar-refractivity contribution in [3.8, 4) is 0 Å². The van der Waals surface area contributed by atoms with Crippen LogP contribution in [-0.4, -0.2) is 26.0 Å². The van der Waals surface area contributed by atoms with Crippen LogP contribution in [0.15, 0.2) is 33.0 Å². The second kappa shape index (κ2) is 6.35. The molecule has 9 heteroatoms. The molecule has 2 aromatic rings. The van der Waals surface area contributed by atoms with E-state index in [0.29, 0.717) is 22.9 Å². The van der Waals surface area contributed by atoms with Gasteiger partial charge in [-0.1, -0.05) is 13.0 Å². The summed E-state index contributed by atoms with van der Waals surface area (Å²) in [4.78, 5) is 33.1. The molecule has 0 aliphatic heterocycles. The van der Waals surface area contributed by atoms with Crippen LogP contribution in [-0.2, 0) is 6.54 Å². The summed E-state index contributed by atoms with van der Waals surface area (Å²) in [5.41, 5.74) is -0.325. The van der Waals surface area contributed by atoms with E-state index in [9.17, 15) is 19.7 Å². The van der Waals surface area contributed by atoms with Crippen molar-refractivity contribution in [3.63, 3.8) is 0 Å². The number of nitrogens with one attached hydrogen (secondary N) is 1. The van der Waals surface area contributed by atoms with Gasteiger partial charge < -0.3 is 0 Å². The Balaban J connectivity index is 2.42. The Kier molecular flexibility index (Phi) is 4.53. The molecule has 2 rings (SSSR count). The number of nitro groups is 1. The molecule has 8 nitrogen and oxygen atoms in total. The smallest absolute Gasteiger partial charge is 0.298 e. The summed E-state index contributed by atoms with van der Waals surface area (Å²) in [5, 5.41) is 17.6. The number of carbonyl (C=O) groups excluding carboxylic acids is 1. The van der Waals surface area contributed by atoms with Gasteiger partial charge in [0.1, 0.15) is 6.29 Å². The van der Waals surface area contributed by atoms with E-state index in [4.69, 9.17) is 0 Å². The monoisotopic (exact) mass is 308 g/mol.